The highest BCUT2D eigenvalue weighted by molar-refractivity contribution is 5.40. The maximum atomic E-state index is 3.82. The predicted molar refractivity (Wildman–Crippen MR) is 81.5 cm³/mol. The molecule has 0 aromatic heterocycles. The van der Waals surface area contributed by atoms with Gasteiger partial charge in [-0.3, -0.25) is 0 Å². The lowest BCUT2D eigenvalue weighted by molar-refractivity contribution is 0.327. The molecule has 1 saturated carbocycles. The smallest absolute Gasteiger partial charge is 0.00672 e. The van der Waals surface area contributed by atoms with Gasteiger partial charge in [0.05, 0.1) is 0 Å². The third-order valence-corrected chi connectivity index (χ3v) is 5.25. The van der Waals surface area contributed by atoms with Crippen LogP contribution in [0.3, 0.4) is 0 Å². The normalized spacial score (nSPS) is 25.2. The first-order valence-electron chi connectivity index (χ1n) is 8.16. The van der Waals surface area contributed by atoms with Crippen LogP contribution in [0.1, 0.15) is 62.5 Å². The van der Waals surface area contributed by atoms with E-state index in [1.807, 2.05) is 0 Å². The second kappa shape index (κ2) is 6.09. The average Bonchev–Trinajstić information content (AvgIpc) is 2.68. The van der Waals surface area contributed by atoms with E-state index < -0.39 is 0 Å². The largest absolute Gasteiger partial charge is 0.313 e. The van der Waals surface area contributed by atoms with Crippen LogP contribution in [0.2, 0.25) is 0 Å². The fraction of sp³-hybridized carbons (Fsp3) is 0.667. The maximum absolute atomic E-state index is 3.82. The van der Waals surface area contributed by atoms with Crippen LogP contribution in [0.15, 0.2) is 24.3 Å². The summed E-state index contributed by atoms with van der Waals surface area (Å²) >= 11 is 0. The van der Waals surface area contributed by atoms with Crippen LogP contribution in [0.4, 0.5) is 0 Å². The van der Waals surface area contributed by atoms with Gasteiger partial charge in [0.25, 0.3) is 0 Å². The van der Waals surface area contributed by atoms with Crippen LogP contribution in [0.5, 0.6) is 0 Å². The van der Waals surface area contributed by atoms with Crippen LogP contribution < -0.4 is 5.32 Å². The van der Waals surface area contributed by atoms with Crippen molar-refractivity contribution in [3.63, 3.8) is 0 Å². The van der Waals surface area contributed by atoms with Crippen molar-refractivity contribution in [2.45, 2.75) is 63.8 Å². The quantitative estimate of drug-likeness (QED) is 0.794. The maximum Gasteiger partial charge on any atom is 0.00672 e. The molecule has 104 valence electrons. The van der Waals surface area contributed by atoms with Crippen molar-refractivity contribution in [3.05, 3.63) is 35.4 Å². The molecule has 1 aromatic rings. The van der Waals surface area contributed by atoms with E-state index in [2.05, 4.69) is 36.5 Å². The molecule has 2 aliphatic carbocycles. The summed E-state index contributed by atoms with van der Waals surface area (Å²) in [7, 11) is 0. The second-order valence-electron chi connectivity index (χ2n) is 6.55. The van der Waals surface area contributed by atoms with E-state index in [4.69, 9.17) is 0 Å². The molecule has 2 atom stereocenters. The zero-order valence-corrected chi connectivity index (χ0v) is 12.2. The minimum Gasteiger partial charge on any atom is -0.313 e. The lowest BCUT2D eigenvalue weighted by atomic mass is 9.77. The zero-order chi connectivity index (χ0) is 13.1. The number of rotatable bonds is 4. The van der Waals surface area contributed by atoms with E-state index in [1.165, 1.54) is 51.5 Å². The molecule has 0 aliphatic heterocycles. The zero-order valence-electron chi connectivity index (χ0n) is 12.2. The summed E-state index contributed by atoms with van der Waals surface area (Å²) in [4.78, 5) is 0. The van der Waals surface area contributed by atoms with Gasteiger partial charge < -0.3 is 5.32 Å². The Bertz CT molecular complexity index is 404. The standard InChI is InChI=1S/C18H27N/c1-14(15-8-4-2-3-5-9-15)19-13-17-12-16-10-6-7-11-18(16)17/h6-7,10-11,14-15,17,19H,2-5,8-9,12-13H2,1H3/t14-,17?/m1/s1. The van der Waals surface area contributed by atoms with Crippen molar-refractivity contribution in [3.8, 4) is 0 Å². The molecular formula is C18H27N. The molecule has 3 rings (SSSR count). The third-order valence-electron chi connectivity index (χ3n) is 5.25. The van der Waals surface area contributed by atoms with E-state index in [0.717, 1.165) is 11.8 Å². The third kappa shape index (κ3) is 3.02. The summed E-state index contributed by atoms with van der Waals surface area (Å²) in [6.45, 7) is 3.58. The van der Waals surface area contributed by atoms with Crippen LogP contribution in [0, 0.1) is 5.92 Å². The van der Waals surface area contributed by atoms with Gasteiger partial charge in [0.2, 0.25) is 0 Å². The second-order valence-corrected chi connectivity index (χ2v) is 6.55. The van der Waals surface area contributed by atoms with Crippen LogP contribution in [-0.2, 0) is 6.42 Å². The summed E-state index contributed by atoms with van der Waals surface area (Å²) in [5, 5.41) is 3.82. The molecule has 2 aliphatic rings. The monoisotopic (exact) mass is 257 g/mol. The van der Waals surface area contributed by atoms with Crippen molar-refractivity contribution in [1.82, 2.24) is 5.32 Å². The van der Waals surface area contributed by atoms with E-state index in [0.29, 0.717) is 6.04 Å². The van der Waals surface area contributed by atoms with Gasteiger partial charge in [-0.05, 0) is 43.2 Å². The fourth-order valence-corrected chi connectivity index (χ4v) is 3.85. The Labute approximate surface area is 117 Å². The topological polar surface area (TPSA) is 12.0 Å². The summed E-state index contributed by atoms with van der Waals surface area (Å²) in [5.74, 6) is 1.68. The van der Waals surface area contributed by atoms with Crippen LogP contribution in [0.25, 0.3) is 0 Å². The molecule has 0 spiro atoms. The molecule has 0 radical (unpaired) electrons. The van der Waals surface area contributed by atoms with Gasteiger partial charge in [0.1, 0.15) is 0 Å². The lowest BCUT2D eigenvalue weighted by Gasteiger charge is -2.33. The molecule has 0 amide bonds. The molecule has 0 bridgehead atoms. The summed E-state index contributed by atoms with van der Waals surface area (Å²) < 4.78 is 0. The molecule has 1 heteroatoms. The molecule has 1 fully saturated rings. The first-order chi connectivity index (χ1) is 9.34. The molecule has 0 saturated heterocycles. The Morgan fingerprint density at radius 1 is 1.11 bits per heavy atom. The minimum absolute atomic E-state index is 0.700. The number of nitrogens with one attached hydrogen (secondary N) is 1. The Balaban J connectivity index is 1.47. The van der Waals surface area contributed by atoms with Crippen LogP contribution in [-0.4, -0.2) is 12.6 Å². The van der Waals surface area contributed by atoms with E-state index in [1.54, 1.807) is 11.1 Å². The SMILES string of the molecule is C[C@@H](NCC1Cc2ccccc21)C1CCCCCC1. The van der Waals surface area contributed by atoms with Crippen molar-refractivity contribution in [2.24, 2.45) is 5.92 Å². The van der Waals surface area contributed by atoms with Gasteiger partial charge in [-0.15, -0.1) is 0 Å². The minimum atomic E-state index is 0.700. The van der Waals surface area contributed by atoms with Gasteiger partial charge in [0, 0.05) is 18.5 Å². The van der Waals surface area contributed by atoms with E-state index in [-0.39, 0.29) is 0 Å². The molecule has 19 heavy (non-hydrogen) atoms. The highest BCUT2D eigenvalue weighted by atomic mass is 14.9. The Hall–Kier alpha value is -0.820. The first kappa shape index (κ1) is 13.2. The highest BCUT2D eigenvalue weighted by Gasteiger charge is 2.26. The number of fused-ring (bicyclic) bond motifs is 1. The Morgan fingerprint density at radius 2 is 1.84 bits per heavy atom. The number of benzene rings is 1. The number of hydrogen-bond acceptors (Lipinski definition) is 1. The molecular weight excluding hydrogens is 230 g/mol. The van der Waals surface area contributed by atoms with Crippen molar-refractivity contribution >= 4 is 0 Å². The van der Waals surface area contributed by atoms with Crippen molar-refractivity contribution in [2.75, 3.05) is 6.54 Å². The van der Waals surface area contributed by atoms with Gasteiger partial charge >= 0.3 is 0 Å². The highest BCUT2D eigenvalue weighted by Crippen LogP contribution is 2.34. The lowest BCUT2D eigenvalue weighted by Crippen LogP contribution is -2.38. The summed E-state index contributed by atoms with van der Waals surface area (Å²) in [5.41, 5.74) is 3.15. The molecule has 1 aromatic carbocycles. The van der Waals surface area contributed by atoms with Gasteiger partial charge in [-0.1, -0.05) is 49.9 Å². The first-order valence-corrected chi connectivity index (χ1v) is 8.16. The van der Waals surface area contributed by atoms with Gasteiger partial charge in [-0.2, -0.15) is 0 Å². The summed E-state index contributed by atoms with van der Waals surface area (Å²) in [6, 6.07) is 9.63. The summed E-state index contributed by atoms with van der Waals surface area (Å²) in [6.07, 6.45) is 9.97. The van der Waals surface area contributed by atoms with Crippen molar-refractivity contribution < 1.29 is 0 Å². The van der Waals surface area contributed by atoms with Gasteiger partial charge in [0.15, 0.2) is 0 Å². The van der Waals surface area contributed by atoms with Crippen molar-refractivity contribution in [1.29, 1.82) is 0 Å². The van der Waals surface area contributed by atoms with Gasteiger partial charge in [-0.25, -0.2) is 0 Å². The molecule has 1 unspecified atom stereocenters. The predicted octanol–water partition coefficient (Wildman–Crippen LogP) is 4.27. The molecule has 1 nitrogen and oxygen atoms in total. The molecule has 1 N–H and O–H groups in total. The van der Waals surface area contributed by atoms with E-state index >= 15 is 0 Å². The number of hydrogen-bond donors (Lipinski definition) is 1. The van der Waals surface area contributed by atoms with E-state index in [9.17, 15) is 0 Å². The fourth-order valence-electron chi connectivity index (χ4n) is 3.85. The average molecular weight is 257 g/mol. The Morgan fingerprint density at radius 3 is 2.58 bits per heavy atom. The molecule has 0 heterocycles. The van der Waals surface area contributed by atoms with Crippen LogP contribution >= 0.6 is 0 Å². The Kier molecular flexibility index (Phi) is 4.22.